The quantitative estimate of drug-likeness (QED) is 0.470. The van der Waals surface area contributed by atoms with Gasteiger partial charge in [0.1, 0.15) is 19.2 Å². The van der Waals surface area contributed by atoms with E-state index in [-0.39, 0.29) is 12.0 Å². The molecule has 4 heterocycles. The molecular formula is C29H34N2O3. The Bertz CT molecular complexity index is 1090. The van der Waals surface area contributed by atoms with Gasteiger partial charge in [-0.15, -0.1) is 0 Å². The van der Waals surface area contributed by atoms with Gasteiger partial charge in [0.2, 0.25) is 0 Å². The topological polar surface area (TPSA) is 58.3 Å². The van der Waals surface area contributed by atoms with E-state index >= 15 is 0 Å². The van der Waals surface area contributed by atoms with Gasteiger partial charge in [0.05, 0.1) is 25.9 Å². The van der Waals surface area contributed by atoms with Gasteiger partial charge in [-0.3, -0.25) is 0 Å². The molecule has 7 rings (SSSR count). The highest BCUT2D eigenvalue weighted by atomic mass is 16.5. The number of aromatic nitrogens is 1. The van der Waals surface area contributed by atoms with Gasteiger partial charge in [-0.05, 0) is 22.6 Å². The molecule has 1 saturated carbocycles. The van der Waals surface area contributed by atoms with Crippen LogP contribution in [0.1, 0.15) is 54.9 Å². The number of oxazole rings is 1. The van der Waals surface area contributed by atoms with Crippen molar-refractivity contribution in [3.63, 3.8) is 0 Å². The number of ether oxygens (including phenoxy) is 1. The fourth-order valence-corrected chi connectivity index (χ4v) is 6.33. The maximum atomic E-state index is 14.2. The van der Waals surface area contributed by atoms with Crippen LogP contribution in [0.3, 0.4) is 0 Å². The maximum Gasteiger partial charge on any atom is 0.188 e. The smallest absolute Gasteiger partial charge is 0.188 e. The van der Waals surface area contributed by atoms with Crippen LogP contribution in [0.5, 0.6) is 0 Å². The molecule has 2 bridgehead atoms. The van der Waals surface area contributed by atoms with Gasteiger partial charge in [-0.2, -0.15) is 0 Å². The molecule has 178 valence electrons. The summed E-state index contributed by atoms with van der Waals surface area (Å²) in [6.07, 6.45) is 7.48. The summed E-state index contributed by atoms with van der Waals surface area (Å²) in [6, 6.07) is 20.1. The largest absolute Gasteiger partial charge is 0.839 e. The molecule has 1 aromatic heterocycles. The first-order valence-corrected chi connectivity index (χ1v) is 12.9. The summed E-state index contributed by atoms with van der Waals surface area (Å²) in [6.45, 7) is 4.77. The number of benzene rings is 2. The lowest BCUT2D eigenvalue weighted by molar-refractivity contribution is -0.959. The number of quaternary nitrogens is 1. The number of nitrogens with zero attached hydrogens (tertiary/aromatic N) is 2. The van der Waals surface area contributed by atoms with Crippen LogP contribution < -0.4 is 5.11 Å². The first-order chi connectivity index (χ1) is 16.6. The van der Waals surface area contributed by atoms with E-state index in [4.69, 9.17) is 9.15 Å². The second-order valence-electron chi connectivity index (χ2n) is 10.7. The minimum absolute atomic E-state index is 0.0509. The minimum Gasteiger partial charge on any atom is -0.839 e. The normalized spacial score (nSPS) is 28.4. The fraction of sp³-hybridized carbons (Fsp3) is 0.483. The van der Waals surface area contributed by atoms with Gasteiger partial charge in [0.15, 0.2) is 11.7 Å². The van der Waals surface area contributed by atoms with E-state index in [0.717, 1.165) is 61.2 Å². The zero-order valence-electron chi connectivity index (χ0n) is 19.8. The molecule has 4 fully saturated rings. The van der Waals surface area contributed by atoms with Gasteiger partial charge in [0, 0.05) is 18.8 Å². The van der Waals surface area contributed by atoms with E-state index in [9.17, 15) is 5.11 Å². The van der Waals surface area contributed by atoms with E-state index in [0.29, 0.717) is 18.4 Å². The average molecular weight is 459 g/mol. The van der Waals surface area contributed by atoms with Crippen LogP contribution in [-0.2, 0) is 23.5 Å². The molecule has 0 spiro atoms. The van der Waals surface area contributed by atoms with Crippen molar-refractivity contribution < 1.29 is 18.7 Å². The molecule has 1 unspecified atom stereocenters. The number of piperidine rings is 3. The predicted octanol–water partition coefficient (Wildman–Crippen LogP) is 4.40. The van der Waals surface area contributed by atoms with Gasteiger partial charge >= 0.3 is 0 Å². The molecule has 3 aromatic rings. The average Bonchev–Trinajstić information content (AvgIpc) is 3.32. The lowest BCUT2D eigenvalue weighted by Gasteiger charge is -2.52. The Morgan fingerprint density at radius 1 is 0.971 bits per heavy atom. The number of fused-ring (bicyclic) bond motifs is 3. The Balaban J connectivity index is 1.19. The van der Waals surface area contributed by atoms with Crippen molar-refractivity contribution >= 4 is 0 Å². The fourth-order valence-electron chi connectivity index (χ4n) is 6.33. The van der Waals surface area contributed by atoms with Crippen molar-refractivity contribution in [1.82, 2.24) is 4.98 Å². The van der Waals surface area contributed by atoms with Crippen molar-refractivity contribution in [3.05, 3.63) is 89.6 Å². The molecule has 5 heteroatoms. The van der Waals surface area contributed by atoms with Gasteiger partial charge < -0.3 is 18.7 Å². The van der Waals surface area contributed by atoms with E-state index in [2.05, 4.69) is 29.2 Å². The Kier molecular flexibility index (Phi) is 5.80. The molecule has 0 radical (unpaired) electrons. The molecule has 2 atom stereocenters. The standard InChI is InChI=1S/C29H34N2O3/c32-29(25-12-7-13-25,24-10-5-2-6-11-24)28-30-18-26(34-28)19-31-16-14-23(15-17-31)27(20-31)33-21-22-8-3-1-4-9-22/h1-6,8-11,18,23,25,27H,7,12-17,19-21H2/t23?,27?,29-,31?/m0/s1. The van der Waals surface area contributed by atoms with Crippen LogP contribution >= 0.6 is 0 Å². The molecule has 5 nitrogen and oxygen atoms in total. The summed E-state index contributed by atoms with van der Waals surface area (Å²) in [5.41, 5.74) is 0.607. The van der Waals surface area contributed by atoms with Crippen molar-refractivity contribution in [2.75, 3.05) is 19.6 Å². The molecule has 3 saturated heterocycles. The molecule has 0 amide bonds. The van der Waals surface area contributed by atoms with Crippen molar-refractivity contribution in [2.45, 2.75) is 57.0 Å². The second kappa shape index (κ2) is 8.95. The lowest BCUT2D eigenvalue weighted by atomic mass is 9.69. The van der Waals surface area contributed by atoms with E-state index in [1.165, 1.54) is 18.4 Å². The van der Waals surface area contributed by atoms with Gasteiger partial charge in [-0.1, -0.05) is 79.9 Å². The number of hydrogen-bond donors (Lipinski definition) is 0. The molecule has 4 aliphatic rings. The summed E-state index contributed by atoms with van der Waals surface area (Å²) in [4.78, 5) is 4.59. The first kappa shape index (κ1) is 22.0. The molecule has 34 heavy (non-hydrogen) atoms. The van der Waals surface area contributed by atoms with E-state index in [1.54, 1.807) is 0 Å². The maximum absolute atomic E-state index is 14.2. The SMILES string of the molecule is [O-][C@](c1ccccc1)(c1ncc(C[N+]23CCC(CC2)C(OCc2ccccc2)C3)o1)C1CCC1. The van der Waals surface area contributed by atoms with Crippen LogP contribution in [0.4, 0.5) is 0 Å². The van der Waals surface area contributed by atoms with E-state index in [1.807, 2.05) is 42.6 Å². The monoisotopic (exact) mass is 458 g/mol. The summed E-state index contributed by atoms with van der Waals surface area (Å²) < 4.78 is 13.7. The summed E-state index contributed by atoms with van der Waals surface area (Å²) in [5, 5.41) is 14.2. The Morgan fingerprint density at radius 2 is 1.68 bits per heavy atom. The minimum atomic E-state index is -1.39. The lowest BCUT2D eigenvalue weighted by Crippen LogP contribution is -2.63. The Hall–Kier alpha value is -2.47. The summed E-state index contributed by atoms with van der Waals surface area (Å²) in [7, 11) is 0. The number of rotatable bonds is 8. The molecule has 0 N–H and O–H groups in total. The van der Waals surface area contributed by atoms with Crippen molar-refractivity contribution in [1.29, 1.82) is 0 Å². The number of hydrogen-bond acceptors (Lipinski definition) is 4. The molecule has 3 aliphatic heterocycles. The zero-order valence-corrected chi connectivity index (χ0v) is 19.8. The summed E-state index contributed by atoms with van der Waals surface area (Å²) >= 11 is 0. The van der Waals surface area contributed by atoms with Crippen LogP contribution in [0, 0.1) is 11.8 Å². The van der Waals surface area contributed by atoms with Gasteiger partial charge in [0.25, 0.3) is 0 Å². The Morgan fingerprint density at radius 3 is 2.35 bits per heavy atom. The van der Waals surface area contributed by atoms with Crippen LogP contribution in [-0.4, -0.2) is 35.2 Å². The predicted molar refractivity (Wildman–Crippen MR) is 127 cm³/mol. The zero-order chi connectivity index (χ0) is 23.0. The summed E-state index contributed by atoms with van der Waals surface area (Å²) in [5.74, 6) is 1.89. The van der Waals surface area contributed by atoms with Crippen LogP contribution in [0.15, 0.2) is 71.3 Å². The third-order valence-electron chi connectivity index (χ3n) is 8.59. The van der Waals surface area contributed by atoms with Crippen molar-refractivity contribution in [2.24, 2.45) is 11.8 Å². The highest BCUT2D eigenvalue weighted by Crippen LogP contribution is 2.45. The highest BCUT2D eigenvalue weighted by Gasteiger charge is 2.47. The van der Waals surface area contributed by atoms with Crippen molar-refractivity contribution in [3.8, 4) is 0 Å². The second-order valence-corrected chi connectivity index (χ2v) is 10.7. The van der Waals surface area contributed by atoms with Crippen LogP contribution in [0.25, 0.3) is 0 Å². The van der Waals surface area contributed by atoms with Gasteiger partial charge in [-0.25, -0.2) is 4.98 Å². The Labute approximate surface area is 202 Å². The van der Waals surface area contributed by atoms with E-state index < -0.39 is 5.60 Å². The third-order valence-corrected chi connectivity index (χ3v) is 8.59. The first-order valence-electron chi connectivity index (χ1n) is 12.9. The molecule has 2 aromatic carbocycles. The molecule has 1 aliphatic carbocycles. The third kappa shape index (κ3) is 4.00. The molecular weight excluding hydrogens is 424 g/mol. The van der Waals surface area contributed by atoms with Crippen LogP contribution in [0.2, 0.25) is 0 Å². The highest BCUT2D eigenvalue weighted by molar-refractivity contribution is 5.30.